The highest BCUT2D eigenvalue weighted by Gasteiger charge is 2.16. The van der Waals surface area contributed by atoms with Crippen molar-refractivity contribution < 1.29 is 0 Å². The van der Waals surface area contributed by atoms with Crippen LogP contribution in [-0.4, -0.2) is 19.7 Å². The summed E-state index contributed by atoms with van der Waals surface area (Å²) in [6.07, 6.45) is 3.01. The molecule has 5 nitrogen and oxygen atoms in total. The van der Waals surface area contributed by atoms with Crippen molar-refractivity contribution in [2.75, 3.05) is 0 Å². The fraction of sp³-hybridized carbons (Fsp3) is 0.400. The zero-order chi connectivity index (χ0) is 11.1. The summed E-state index contributed by atoms with van der Waals surface area (Å²) >= 11 is 0. The summed E-state index contributed by atoms with van der Waals surface area (Å²) < 4.78 is 1.59. The van der Waals surface area contributed by atoms with Crippen molar-refractivity contribution in [2.24, 2.45) is 0 Å². The summed E-state index contributed by atoms with van der Waals surface area (Å²) in [5, 5.41) is 7.98. The molecular formula is C10H12N4O. The predicted octanol–water partition coefficient (Wildman–Crippen LogP) is 0.941. The second kappa shape index (κ2) is 3.12. The Labute approximate surface area is 86.8 Å². The van der Waals surface area contributed by atoms with Crippen molar-refractivity contribution >= 4 is 11.0 Å². The highest BCUT2D eigenvalue weighted by atomic mass is 16.1. The highest BCUT2D eigenvalue weighted by Crippen LogP contribution is 2.11. The molecule has 15 heavy (non-hydrogen) atoms. The Morgan fingerprint density at radius 3 is 2.73 bits per heavy atom. The highest BCUT2D eigenvalue weighted by molar-refractivity contribution is 5.71. The van der Waals surface area contributed by atoms with Gasteiger partial charge in [0.05, 0.1) is 11.6 Å². The van der Waals surface area contributed by atoms with Crippen LogP contribution in [0, 0.1) is 0 Å². The van der Waals surface area contributed by atoms with E-state index in [1.165, 1.54) is 12.5 Å². The molecule has 0 saturated carbocycles. The van der Waals surface area contributed by atoms with Crippen LogP contribution in [0.3, 0.4) is 0 Å². The van der Waals surface area contributed by atoms with E-state index in [4.69, 9.17) is 0 Å². The number of rotatable bonds is 0. The molecule has 0 unspecified atom stereocenters. The van der Waals surface area contributed by atoms with Crippen molar-refractivity contribution in [3.8, 4) is 0 Å². The Hall–Kier alpha value is -1.78. The molecule has 0 radical (unpaired) electrons. The Morgan fingerprint density at radius 2 is 2.07 bits per heavy atom. The van der Waals surface area contributed by atoms with Crippen LogP contribution < -0.4 is 5.56 Å². The molecule has 2 aromatic rings. The molecule has 0 fully saturated rings. The normalized spacial score (nSPS) is 11.9. The van der Waals surface area contributed by atoms with Gasteiger partial charge in [-0.05, 0) is 26.8 Å². The van der Waals surface area contributed by atoms with Crippen LogP contribution in [0.2, 0.25) is 0 Å². The van der Waals surface area contributed by atoms with Crippen molar-refractivity contribution in [2.45, 2.75) is 26.3 Å². The molecular weight excluding hydrogens is 192 g/mol. The first-order valence-corrected chi connectivity index (χ1v) is 4.70. The average Bonchev–Trinajstić information content (AvgIpc) is 2.16. The van der Waals surface area contributed by atoms with Gasteiger partial charge in [-0.25, -0.2) is 4.98 Å². The largest absolute Gasteiger partial charge is 0.293 e. The maximum absolute atomic E-state index is 12.0. The average molecular weight is 204 g/mol. The summed E-state index contributed by atoms with van der Waals surface area (Å²) in [6.45, 7) is 5.86. The molecule has 0 aromatic carbocycles. The monoisotopic (exact) mass is 204 g/mol. The van der Waals surface area contributed by atoms with Crippen LogP contribution in [0.4, 0.5) is 0 Å². The molecule has 0 saturated heterocycles. The second-order valence-electron chi connectivity index (χ2n) is 4.36. The fourth-order valence-electron chi connectivity index (χ4n) is 1.36. The summed E-state index contributed by atoms with van der Waals surface area (Å²) in [7, 11) is 0. The number of hydrogen-bond donors (Lipinski definition) is 0. The lowest BCUT2D eigenvalue weighted by molar-refractivity contribution is 0.381. The Morgan fingerprint density at radius 1 is 1.33 bits per heavy atom. The topological polar surface area (TPSA) is 60.7 Å². The van der Waals surface area contributed by atoms with Crippen LogP contribution >= 0.6 is 0 Å². The quantitative estimate of drug-likeness (QED) is 0.640. The SMILES string of the molecule is CC(C)(C)n1cnc2nnccc2c1=O. The van der Waals surface area contributed by atoms with Gasteiger partial charge in [0, 0.05) is 5.54 Å². The molecule has 0 aliphatic carbocycles. The Balaban J connectivity index is 2.83. The van der Waals surface area contributed by atoms with Crippen LogP contribution in [0.5, 0.6) is 0 Å². The molecule has 0 atom stereocenters. The molecule has 0 N–H and O–H groups in total. The Kier molecular flexibility index (Phi) is 2.03. The lowest BCUT2D eigenvalue weighted by Gasteiger charge is -2.21. The molecule has 2 rings (SSSR count). The van der Waals surface area contributed by atoms with E-state index in [0.29, 0.717) is 11.0 Å². The first-order valence-electron chi connectivity index (χ1n) is 4.70. The van der Waals surface area contributed by atoms with Crippen LogP contribution in [0.15, 0.2) is 23.4 Å². The molecule has 0 aliphatic heterocycles. The van der Waals surface area contributed by atoms with Crippen molar-refractivity contribution in [1.29, 1.82) is 0 Å². The minimum Gasteiger partial charge on any atom is -0.293 e. The van der Waals surface area contributed by atoms with Gasteiger partial charge in [-0.2, -0.15) is 5.10 Å². The van der Waals surface area contributed by atoms with E-state index in [-0.39, 0.29) is 11.1 Å². The molecule has 0 spiro atoms. The van der Waals surface area contributed by atoms with Crippen LogP contribution in [-0.2, 0) is 5.54 Å². The molecule has 0 aliphatic rings. The Bertz CT molecular complexity index is 553. The summed E-state index contributed by atoms with van der Waals surface area (Å²) in [5.74, 6) is 0. The molecule has 78 valence electrons. The lowest BCUT2D eigenvalue weighted by Crippen LogP contribution is -2.34. The van der Waals surface area contributed by atoms with Crippen molar-refractivity contribution in [1.82, 2.24) is 19.7 Å². The summed E-state index contributed by atoms with van der Waals surface area (Å²) in [6, 6.07) is 1.64. The third-order valence-electron chi connectivity index (χ3n) is 2.17. The van der Waals surface area contributed by atoms with E-state index in [0.717, 1.165) is 0 Å². The third-order valence-corrected chi connectivity index (χ3v) is 2.17. The molecule has 2 heterocycles. The van der Waals surface area contributed by atoms with E-state index < -0.39 is 0 Å². The van der Waals surface area contributed by atoms with Crippen molar-refractivity contribution in [3.63, 3.8) is 0 Å². The maximum atomic E-state index is 12.0. The lowest BCUT2D eigenvalue weighted by atomic mass is 10.1. The van der Waals surface area contributed by atoms with E-state index in [2.05, 4.69) is 15.2 Å². The molecule has 2 aromatic heterocycles. The van der Waals surface area contributed by atoms with Gasteiger partial charge in [0.1, 0.15) is 6.33 Å². The van der Waals surface area contributed by atoms with Gasteiger partial charge in [0.25, 0.3) is 5.56 Å². The smallest absolute Gasteiger partial charge is 0.263 e. The van der Waals surface area contributed by atoms with E-state index >= 15 is 0 Å². The molecule has 0 bridgehead atoms. The van der Waals surface area contributed by atoms with Gasteiger partial charge in [-0.15, -0.1) is 5.10 Å². The third kappa shape index (κ3) is 1.60. The van der Waals surface area contributed by atoms with Gasteiger partial charge in [0.15, 0.2) is 5.65 Å². The van der Waals surface area contributed by atoms with Gasteiger partial charge < -0.3 is 0 Å². The van der Waals surface area contributed by atoms with Crippen molar-refractivity contribution in [3.05, 3.63) is 28.9 Å². The first kappa shape index (κ1) is 9.76. The number of hydrogen-bond acceptors (Lipinski definition) is 4. The van der Waals surface area contributed by atoms with Crippen LogP contribution in [0.25, 0.3) is 11.0 Å². The minimum absolute atomic E-state index is 0.0811. The number of aromatic nitrogens is 4. The molecule has 0 amide bonds. The van der Waals surface area contributed by atoms with Crippen LogP contribution in [0.1, 0.15) is 20.8 Å². The zero-order valence-corrected chi connectivity index (χ0v) is 8.93. The second-order valence-corrected chi connectivity index (χ2v) is 4.36. The van der Waals surface area contributed by atoms with E-state index in [1.807, 2.05) is 20.8 Å². The van der Waals surface area contributed by atoms with Gasteiger partial charge >= 0.3 is 0 Å². The fourth-order valence-corrected chi connectivity index (χ4v) is 1.36. The van der Waals surface area contributed by atoms with E-state index in [1.54, 1.807) is 10.6 Å². The van der Waals surface area contributed by atoms with Gasteiger partial charge in [-0.3, -0.25) is 9.36 Å². The number of nitrogens with zero attached hydrogens (tertiary/aromatic N) is 4. The summed E-state index contributed by atoms with van der Waals surface area (Å²) in [5.41, 5.74) is 0.0343. The maximum Gasteiger partial charge on any atom is 0.263 e. The minimum atomic E-state index is -0.276. The standard InChI is InChI=1S/C10H12N4O/c1-10(2,3)14-6-11-8-7(9(14)15)4-5-12-13-8/h4-6H,1-3H3. The zero-order valence-electron chi connectivity index (χ0n) is 8.93. The predicted molar refractivity (Wildman–Crippen MR) is 56.6 cm³/mol. The molecule has 5 heteroatoms. The van der Waals surface area contributed by atoms with E-state index in [9.17, 15) is 4.79 Å². The van der Waals surface area contributed by atoms with Gasteiger partial charge in [0.2, 0.25) is 0 Å². The number of fused-ring (bicyclic) bond motifs is 1. The van der Waals surface area contributed by atoms with Gasteiger partial charge in [-0.1, -0.05) is 0 Å². The first-order chi connectivity index (χ1) is 7.00. The summed E-state index contributed by atoms with van der Waals surface area (Å²) in [4.78, 5) is 16.1.